The number of nitriles is 1. The molecule has 0 radical (unpaired) electrons. The van der Waals surface area contributed by atoms with Gasteiger partial charge in [0.1, 0.15) is 29.0 Å². The molecule has 0 unspecified atom stereocenters. The van der Waals surface area contributed by atoms with Crippen molar-refractivity contribution in [2.24, 2.45) is 0 Å². The summed E-state index contributed by atoms with van der Waals surface area (Å²) in [5.41, 5.74) is 8.71. The second-order valence-corrected chi connectivity index (χ2v) is 5.58. The first-order valence-corrected chi connectivity index (χ1v) is 7.60. The third-order valence-electron chi connectivity index (χ3n) is 3.92. The van der Waals surface area contributed by atoms with E-state index < -0.39 is 5.97 Å². The summed E-state index contributed by atoms with van der Waals surface area (Å²) in [4.78, 5) is 19.5. The van der Waals surface area contributed by atoms with Gasteiger partial charge < -0.3 is 16.2 Å². The van der Waals surface area contributed by atoms with Crippen LogP contribution in [-0.4, -0.2) is 30.8 Å². The number of benzene rings is 1. The lowest BCUT2D eigenvalue weighted by molar-refractivity contribution is 0.0698. The van der Waals surface area contributed by atoms with Crippen LogP contribution in [0, 0.1) is 25.2 Å². The molecular weight excluding hydrogens is 334 g/mol. The summed E-state index contributed by atoms with van der Waals surface area (Å²) in [6, 6.07) is 9.22. The second kappa shape index (κ2) is 6.52. The molecular formula is C17H15N7O2. The molecule has 0 aliphatic carbocycles. The van der Waals surface area contributed by atoms with Crippen LogP contribution in [0.4, 0.5) is 17.3 Å². The molecule has 0 aliphatic heterocycles. The standard InChI is InChI=1S/C17H15N7O2/c1-9-4-3-5-13(10(9)2)22-14-6-11(7-18)21-17(23-14)24-15(19)12(8-20-24)16(25)26/h3-6,8H,19H2,1-2H3,(H,25,26)(H,21,22,23). The number of nitrogen functional groups attached to an aromatic ring is 1. The quantitative estimate of drug-likeness (QED) is 0.650. The summed E-state index contributed by atoms with van der Waals surface area (Å²) in [6.45, 7) is 3.96. The summed E-state index contributed by atoms with van der Waals surface area (Å²) in [7, 11) is 0. The van der Waals surface area contributed by atoms with E-state index in [0.29, 0.717) is 5.82 Å². The summed E-state index contributed by atoms with van der Waals surface area (Å²) < 4.78 is 1.08. The van der Waals surface area contributed by atoms with Gasteiger partial charge in [-0.2, -0.15) is 25.0 Å². The average molecular weight is 349 g/mol. The Morgan fingerprint density at radius 1 is 1.35 bits per heavy atom. The molecule has 9 nitrogen and oxygen atoms in total. The number of aromatic carboxylic acids is 1. The molecule has 1 aromatic carbocycles. The molecule has 0 fully saturated rings. The summed E-state index contributed by atoms with van der Waals surface area (Å²) in [6.07, 6.45) is 1.11. The fraction of sp³-hybridized carbons (Fsp3) is 0.118. The van der Waals surface area contributed by atoms with Crippen molar-refractivity contribution in [2.45, 2.75) is 13.8 Å². The van der Waals surface area contributed by atoms with E-state index in [2.05, 4.69) is 20.4 Å². The lowest BCUT2D eigenvalue weighted by atomic mass is 10.1. The van der Waals surface area contributed by atoms with Crippen molar-refractivity contribution in [3.8, 4) is 12.0 Å². The van der Waals surface area contributed by atoms with E-state index in [1.165, 1.54) is 6.07 Å². The van der Waals surface area contributed by atoms with Gasteiger partial charge >= 0.3 is 5.97 Å². The number of hydrogen-bond acceptors (Lipinski definition) is 7. The fourth-order valence-corrected chi connectivity index (χ4v) is 2.36. The van der Waals surface area contributed by atoms with Crippen LogP contribution in [0.3, 0.4) is 0 Å². The number of nitrogens with two attached hydrogens (primary N) is 1. The molecule has 26 heavy (non-hydrogen) atoms. The number of carbonyl (C=O) groups is 1. The van der Waals surface area contributed by atoms with E-state index in [4.69, 9.17) is 10.8 Å². The molecule has 3 aromatic rings. The molecule has 0 saturated carbocycles. The smallest absolute Gasteiger partial charge is 0.341 e. The largest absolute Gasteiger partial charge is 0.477 e. The number of carboxylic acids is 1. The van der Waals surface area contributed by atoms with Gasteiger partial charge in [-0.3, -0.25) is 0 Å². The first-order valence-electron chi connectivity index (χ1n) is 7.60. The third-order valence-corrected chi connectivity index (χ3v) is 3.92. The number of hydrogen-bond donors (Lipinski definition) is 3. The number of nitrogens with zero attached hydrogens (tertiary/aromatic N) is 5. The zero-order chi connectivity index (χ0) is 18.8. The van der Waals surface area contributed by atoms with Crippen molar-refractivity contribution in [3.05, 3.63) is 52.8 Å². The van der Waals surface area contributed by atoms with Crippen LogP contribution in [0.2, 0.25) is 0 Å². The van der Waals surface area contributed by atoms with Crippen molar-refractivity contribution >= 4 is 23.3 Å². The minimum Gasteiger partial charge on any atom is -0.477 e. The van der Waals surface area contributed by atoms with E-state index in [0.717, 1.165) is 27.7 Å². The van der Waals surface area contributed by atoms with Crippen LogP contribution in [0.15, 0.2) is 30.5 Å². The van der Waals surface area contributed by atoms with E-state index in [1.807, 2.05) is 38.1 Å². The minimum atomic E-state index is -1.21. The molecule has 2 heterocycles. The van der Waals surface area contributed by atoms with Crippen LogP contribution in [0.25, 0.3) is 5.95 Å². The Morgan fingerprint density at radius 3 is 2.77 bits per heavy atom. The lowest BCUT2D eigenvalue weighted by Crippen LogP contribution is -2.11. The molecule has 130 valence electrons. The van der Waals surface area contributed by atoms with Crippen molar-refractivity contribution < 1.29 is 9.90 Å². The Hall–Kier alpha value is -3.93. The normalized spacial score (nSPS) is 10.3. The van der Waals surface area contributed by atoms with Crippen molar-refractivity contribution in [2.75, 3.05) is 11.1 Å². The zero-order valence-electron chi connectivity index (χ0n) is 14.1. The number of nitrogens with one attached hydrogen (secondary N) is 1. The molecule has 0 atom stereocenters. The lowest BCUT2D eigenvalue weighted by Gasteiger charge is -2.12. The Labute approximate surface area is 148 Å². The van der Waals surface area contributed by atoms with Crippen LogP contribution >= 0.6 is 0 Å². The van der Waals surface area contributed by atoms with Gasteiger partial charge in [0, 0.05) is 11.8 Å². The SMILES string of the molecule is Cc1cccc(Nc2cc(C#N)nc(-n3ncc(C(=O)O)c3N)n2)c1C. The number of aromatic nitrogens is 4. The maximum absolute atomic E-state index is 11.1. The zero-order valence-corrected chi connectivity index (χ0v) is 14.1. The molecule has 9 heteroatoms. The Balaban J connectivity index is 2.07. The second-order valence-electron chi connectivity index (χ2n) is 5.58. The van der Waals surface area contributed by atoms with E-state index >= 15 is 0 Å². The molecule has 4 N–H and O–H groups in total. The topological polar surface area (TPSA) is 143 Å². The molecule has 2 aromatic heterocycles. The predicted molar refractivity (Wildman–Crippen MR) is 94.4 cm³/mol. The van der Waals surface area contributed by atoms with Gasteiger partial charge in [0.05, 0.1) is 6.20 Å². The summed E-state index contributed by atoms with van der Waals surface area (Å²) in [5.74, 6) is -0.960. The van der Waals surface area contributed by atoms with E-state index in [-0.39, 0.29) is 23.0 Å². The van der Waals surface area contributed by atoms with Gasteiger partial charge in [0.2, 0.25) is 0 Å². The predicted octanol–water partition coefficient (Wildman–Crippen LogP) is 2.17. The Bertz CT molecular complexity index is 1050. The highest BCUT2D eigenvalue weighted by Crippen LogP contribution is 2.23. The number of anilines is 3. The van der Waals surface area contributed by atoms with Gasteiger partial charge in [-0.05, 0) is 31.0 Å². The minimum absolute atomic E-state index is 0.00172. The number of carboxylic acid groups (broad SMARTS) is 1. The van der Waals surface area contributed by atoms with Gasteiger partial charge in [0.25, 0.3) is 5.95 Å². The maximum atomic E-state index is 11.1. The fourth-order valence-electron chi connectivity index (χ4n) is 2.36. The molecule has 0 aliphatic rings. The van der Waals surface area contributed by atoms with Gasteiger partial charge in [-0.1, -0.05) is 12.1 Å². The van der Waals surface area contributed by atoms with Crippen LogP contribution < -0.4 is 11.1 Å². The highest BCUT2D eigenvalue weighted by Gasteiger charge is 2.17. The molecule has 0 bridgehead atoms. The first-order chi connectivity index (χ1) is 12.4. The highest BCUT2D eigenvalue weighted by molar-refractivity contribution is 5.92. The van der Waals surface area contributed by atoms with Crippen LogP contribution in [0.1, 0.15) is 27.2 Å². The molecule has 0 amide bonds. The van der Waals surface area contributed by atoms with E-state index in [9.17, 15) is 10.1 Å². The van der Waals surface area contributed by atoms with Crippen molar-refractivity contribution in [3.63, 3.8) is 0 Å². The highest BCUT2D eigenvalue weighted by atomic mass is 16.4. The monoisotopic (exact) mass is 349 g/mol. The first kappa shape index (κ1) is 16.9. The van der Waals surface area contributed by atoms with Crippen molar-refractivity contribution in [1.82, 2.24) is 19.7 Å². The maximum Gasteiger partial charge on any atom is 0.341 e. The van der Waals surface area contributed by atoms with Gasteiger partial charge in [-0.25, -0.2) is 4.79 Å². The van der Waals surface area contributed by atoms with Gasteiger partial charge in [0.15, 0.2) is 0 Å². The summed E-state index contributed by atoms with van der Waals surface area (Å²) in [5, 5.41) is 25.4. The molecule has 3 rings (SSSR count). The van der Waals surface area contributed by atoms with Crippen LogP contribution in [-0.2, 0) is 0 Å². The number of rotatable bonds is 4. The molecule has 0 spiro atoms. The Kier molecular flexibility index (Phi) is 4.24. The third kappa shape index (κ3) is 3.03. The van der Waals surface area contributed by atoms with E-state index in [1.54, 1.807) is 0 Å². The summed E-state index contributed by atoms with van der Waals surface area (Å²) >= 11 is 0. The average Bonchev–Trinajstić information content (AvgIpc) is 3.00. The van der Waals surface area contributed by atoms with Crippen LogP contribution in [0.5, 0.6) is 0 Å². The van der Waals surface area contributed by atoms with Crippen molar-refractivity contribution in [1.29, 1.82) is 5.26 Å². The molecule has 0 saturated heterocycles. The number of aryl methyl sites for hydroxylation is 1. The Morgan fingerprint density at radius 2 is 2.12 bits per heavy atom. The van der Waals surface area contributed by atoms with Gasteiger partial charge in [-0.15, -0.1) is 0 Å².